The summed E-state index contributed by atoms with van der Waals surface area (Å²) in [4.78, 5) is 0. The Kier molecular flexibility index (Phi) is 2.76. The standard InChI is InChI=1S/C13H20N2/c1-8(2)12-7-11(10-5-6-10)13(9(3)4)15-14-12/h7-10H,5-6H2,1-4H3. The molecule has 1 aliphatic rings. The van der Waals surface area contributed by atoms with Crippen molar-refractivity contribution in [2.24, 2.45) is 0 Å². The Labute approximate surface area is 92.1 Å². The van der Waals surface area contributed by atoms with E-state index in [-0.39, 0.29) is 0 Å². The smallest absolute Gasteiger partial charge is 0.0691 e. The fourth-order valence-corrected chi connectivity index (χ4v) is 1.88. The molecule has 0 atom stereocenters. The Morgan fingerprint density at radius 1 is 1.07 bits per heavy atom. The van der Waals surface area contributed by atoms with Crippen LogP contribution in [0.3, 0.4) is 0 Å². The molecule has 82 valence electrons. The number of hydrogen-bond donors (Lipinski definition) is 0. The topological polar surface area (TPSA) is 25.8 Å². The minimum atomic E-state index is 0.483. The van der Waals surface area contributed by atoms with E-state index >= 15 is 0 Å². The highest BCUT2D eigenvalue weighted by atomic mass is 15.1. The molecule has 0 saturated heterocycles. The maximum Gasteiger partial charge on any atom is 0.0691 e. The SMILES string of the molecule is CC(C)c1cc(C2CC2)c(C(C)C)nn1. The zero-order valence-corrected chi connectivity index (χ0v) is 10.1. The molecule has 0 bridgehead atoms. The van der Waals surface area contributed by atoms with Crippen molar-refractivity contribution < 1.29 is 0 Å². The molecule has 1 aromatic rings. The number of aromatic nitrogens is 2. The van der Waals surface area contributed by atoms with Crippen LogP contribution in [-0.4, -0.2) is 10.2 Å². The summed E-state index contributed by atoms with van der Waals surface area (Å²) in [6, 6.07) is 2.28. The van der Waals surface area contributed by atoms with Gasteiger partial charge < -0.3 is 0 Å². The van der Waals surface area contributed by atoms with Gasteiger partial charge in [-0.2, -0.15) is 10.2 Å². The summed E-state index contributed by atoms with van der Waals surface area (Å²) in [5, 5.41) is 8.73. The molecule has 2 heteroatoms. The van der Waals surface area contributed by atoms with Crippen molar-refractivity contribution in [1.29, 1.82) is 0 Å². The van der Waals surface area contributed by atoms with Gasteiger partial charge in [-0.25, -0.2) is 0 Å². The Morgan fingerprint density at radius 3 is 2.20 bits per heavy atom. The van der Waals surface area contributed by atoms with Crippen LogP contribution in [0.4, 0.5) is 0 Å². The first-order valence-electron chi connectivity index (χ1n) is 5.97. The third-order valence-corrected chi connectivity index (χ3v) is 3.03. The van der Waals surface area contributed by atoms with Gasteiger partial charge in [0.2, 0.25) is 0 Å². The molecular formula is C13H20N2. The Morgan fingerprint density at radius 2 is 1.73 bits per heavy atom. The Bertz CT molecular complexity index is 352. The molecule has 0 amide bonds. The van der Waals surface area contributed by atoms with Gasteiger partial charge >= 0.3 is 0 Å². The van der Waals surface area contributed by atoms with Crippen molar-refractivity contribution in [1.82, 2.24) is 10.2 Å². The fraction of sp³-hybridized carbons (Fsp3) is 0.692. The van der Waals surface area contributed by atoms with Crippen LogP contribution in [0.2, 0.25) is 0 Å². The van der Waals surface area contributed by atoms with E-state index < -0.39 is 0 Å². The van der Waals surface area contributed by atoms with Crippen molar-refractivity contribution in [2.75, 3.05) is 0 Å². The maximum atomic E-state index is 4.41. The van der Waals surface area contributed by atoms with E-state index in [1.54, 1.807) is 0 Å². The first kappa shape index (κ1) is 10.6. The summed E-state index contributed by atoms with van der Waals surface area (Å²) in [5.74, 6) is 1.75. The zero-order valence-electron chi connectivity index (χ0n) is 10.1. The molecule has 0 unspecified atom stereocenters. The molecule has 1 heterocycles. The molecular weight excluding hydrogens is 184 g/mol. The molecule has 15 heavy (non-hydrogen) atoms. The second-order valence-electron chi connectivity index (χ2n) is 5.19. The highest BCUT2D eigenvalue weighted by Gasteiger charge is 2.28. The van der Waals surface area contributed by atoms with Gasteiger partial charge in [-0.05, 0) is 42.2 Å². The summed E-state index contributed by atoms with van der Waals surface area (Å²) in [5.41, 5.74) is 3.81. The van der Waals surface area contributed by atoms with E-state index in [0.717, 1.165) is 11.6 Å². The van der Waals surface area contributed by atoms with Crippen LogP contribution in [0.15, 0.2) is 6.07 Å². The summed E-state index contributed by atoms with van der Waals surface area (Å²) < 4.78 is 0. The molecule has 0 spiro atoms. The van der Waals surface area contributed by atoms with Gasteiger partial charge in [-0.3, -0.25) is 0 Å². The van der Waals surface area contributed by atoms with E-state index in [1.807, 2.05) is 0 Å². The second kappa shape index (κ2) is 3.92. The van der Waals surface area contributed by atoms with Crippen molar-refractivity contribution >= 4 is 0 Å². The normalized spacial score (nSPS) is 16.4. The summed E-state index contributed by atoms with van der Waals surface area (Å²) in [6.07, 6.45) is 2.67. The molecule has 1 saturated carbocycles. The molecule has 2 nitrogen and oxygen atoms in total. The summed E-state index contributed by atoms with van der Waals surface area (Å²) >= 11 is 0. The fourth-order valence-electron chi connectivity index (χ4n) is 1.88. The van der Waals surface area contributed by atoms with Crippen LogP contribution >= 0.6 is 0 Å². The van der Waals surface area contributed by atoms with E-state index in [9.17, 15) is 0 Å². The van der Waals surface area contributed by atoms with Gasteiger partial charge in [0.05, 0.1) is 11.4 Å². The average Bonchev–Trinajstić information content (AvgIpc) is 2.99. The first-order valence-corrected chi connectivity index (χ1v) is 5.97. The second-order valence-corrected chi connectivity index (χ2v) is 5.19. The van der Waals surface area contributed by atoms with Crippen molar-refractivity contribution in [2.45, 2.75) is 58.3 Å². The zero-order chi connectivity index (χ0) is 11.0. The largest absolute Gasteiger partial charge is 0.155 e. The lowest BCUT2D eigenvalue weighted by Crippen LogP contribution is -2.05. The minimum absolute atomic E-state index is 0.483. The number of rotatable bonds is 3. The lowest BCUT2D eigenvalue weighted by atomic mass is 9.98. The van der Waals surface area contributed by atoms with Crippen LogP contribution < -0.4 is 0 Å². The molecule has 2 rings (SSSR count). The average molecular weight is 204 g/mol. The molecule has 1 fully saturated rings. The molecule has 1 aromatic heterocycles. The molecule has 0 radical (unpaired) electrons. The molecule has 0 N–H and O–H groups in total. The maximum absolute atomic E-state index is 4.41. The van der Waals surface area contributed by atoms with Crippen molar-refractivity contribution in [3.8, 4) is 0 Å². The van der Waals surface area contributed by atoms with Gasteiger partial charge in [0.15, 0.2) is 0 Å². The predicted molar refractivity (Wildman–Crippen MR) is 62.2 cm³/mol. The summed E-state index contributed by atoms with van der Waals surface area (Å²) in [7, 11) is 0. The van der Waals surface area contributed by atoms with Gasteiger partial charge in [0.25, 0.3) is 0 Å². The highest BCUT2D eigenvalue weighted by Crippen LogP contribution is 2.43. The Balaban J connectivity index is 2.40. The van der Waals surface area contributed by atoms with E-state index in [2.05, 4.69) is 44.0 Å². The van der Waals surface area contributed by atoms with Crippen LogP contribution in [-0.2, 0) is 0 Å². The van der Waals surface area contributed by atoms with E-state index in [1.165, 1.54) is 24.1 Å². The predicted octanol–water partition coefficient (Wildman–Crippen LogP) is 3.60. The number of hydrogen-bond acceptors (Lipinski definition) is 2. The first-order chi connectivity index (χ1) is 7.09. The summed E-state index contributed by atoms with van der Waals surface area (Å²) in [6.45, 7) is 8.75. The Hall–Kier alpha value is -0.920. The lowest BCUT2D eigenvalue weighted by molar-refractivity contribution is 0.715. The van der Waals surface area contributed by atoms with Crippen LogP contribution in [0.25, 0.3) is 0 Å². The molecule has 0 aromatic carbocycles. The molecule has 0 aliphatic heterocycles. The monoisotopic (exact) mass is 204 g/mol. The third-order valence-electron chi connectivity index (χ3n) is 3.03. The van der Waals surface area contributed by atoms with Crippen LogP contribution in [0, 0.1) is 0 Å². The number of nitrogens with zero attached hydrogens (tertiary/aromatic N) is 2. The lowest BCUT2D eigenvalue weighted by Gasteiger charge is -2.13. The highest BCUT2D eigenvalue weighted by molar-refractivity contribution is 5.31. The molecule has 1 aliphatic carbocycles. The van der Waals surface area contributed by atoms with Crippen LogP contribution in [0.1, 0.15) is 75.2 Å². The van der Waals surface area contributed by atoms with Gasteiger partial charge in [0, 0.05) is 0 Å². The van der Waals surface area contributed by atoms with E-state index in [0.29, 0.717) is 11.8 Å². The van der Waals surface area contributed by atoms with Crippen LogP contribution in [0.5, 0.6) is 0 Å². The van der Waals surface area contributed by atoms with Gasteiger partial charge in [0.1, 0.15) is 0 Å². The van der Waals surface area contributed by atoms with E-state index in [4.69, 9.17) is 0 Å². The van der Waals surface area contributed by atoms with Crippen molar-refractivity contribution in [3.05, 3.63) is 23.0 Å². The van der Waals surface area contributed by atoms with Gasteiger partial charge in [-0.15, -0.1) is 0 Å². The minimum Gasteiger partial charge on any atom is -0.155 e. The third kappa shape index (κ3) is 2.19. The van der Waals surface area contributed by atoms with Gasteiger partial charge in [-0.1, -0.05) is 27.7 Å². The van der Waals surface area contributed by atoms with Crippen molar-refractivity contribution in [3.63, 3.8) is 0 Å². The quantitative estimate of drug-likeness (QED) is 0.751.